The lowest BCUT2D eigenvalue weighted by Crippen LogP contribution is -2.04. The highest BCUT2D eigenvalue weighted by Gasteiger charge is 2.06. The molecule has 0 saturated carbocycles. The summed E-state index contributed by atoms with van der Waals surface area (Å²) in [6.07, 6.45) is 3.81. The summed E-state index contributed by atoms with van der Waals surface area (Å²) in [7, 11) is 3.22. The van der Waals surface area contributed by atoms with E-state index in [1.54, 1.807) is 18.2 Å². The predicted molar refractivity (Wildman–Crippen MR) is 65.2 cm³/mol. The Labute approximate surface area is 95.1 Å². The fourth-order valence-corrected chi connectivity index (χ4v) is 1.27. The number of nitrogens with one attached hydrogen (secondary N) is 1. The Hall–Kier alpha value is -1.81. The van der Waals surface area contributed by atoms with Gasteiger partial charge in [-0.15, -0.1) is 0 Å². The molecule has 1 aromatic carbocycles. The monoisotopic (exact) mass is 220 g/mol. The zero-order chi connectivity index (χ0) is 12.0. The molecule has 4 nitrogen and oxygen atoms in total. The fraction of sp³-hybridized carbons (Fsp3) is 0.250. The van der Waals surface area contributed by atoms with Crippen LogP contribution in [0.1, 0.15) is 15.9 Å². The van der Waals surface area contributed by atoms with Gasteiger partial charge < -0.3 is 15.8 Å². The van der Waals surface area contributed by atoms with Crippen molar-refractivity contribution in [2.24, 2.45) is 0 Å². The minimum Gasteiger partial charge on any atom is -0.465 e. The SMILES string of the molecule is CNCC=Cc1cc(C(=O)OC)ccc1N. The van der Waals surface area contributed by atoms with Crippen molar-refractivity contribution < 1.29 is 9.53 Å². The molecule has 0 aromatic heterocycles. The molecule has 0 aliphatic rings. The summed E-state index contributed by atoms with van der Waals surface area (Å²) >= 11 is 0. The van der Waals surface area contributed by atoms with Crippen LogP contribution in [0.4, 0.5) is 5.69 Å². The Morgan fingerprint density at radius 3 is 2.94 bits per heavy atom. The second-order valence-electron chi connectivity index (χ2n) is 3.30. The number of methoxy groups -OCH3 is 1. The molecular weight excluding hydrogens is 204 g/mol. The minimum atomic E-state index is -0.358. The van der Waals surface area contributed by atoms with Crippen molar-refractivity contribution in [3.05, 3.63) is 35.4 Å². The Morgan fingerprint density at radius 2 is 2.31 bits per heavy atom. The van der Waals surface area contributed by atoms with Gasteiger partial charge in [-0.2, -0.15) is 0 Å². The van der Waals surface area contributed by atoms with Crippen LogP contribution in [0.3, 0.4) is 0 Å². The second kappa shape index (κ2) is 5.92. The van der Waals surface area contributed by atoms with E-state index in [0.29, 0.717) is 11.3 Å². The van der Waals surface area contributed by atoms with Crippen LogP contribution >= 0.6 is 0 Å². The van der Waals surface area contributed by atoms with Gasteiger partial charge in [0, 0.05) is 12.2 Å². The highest BCUT2D eigenvalue weighted by molar-refractivity contribution is 5.91. The van der Waals surface area contributed by atoms with E-state index < -0.39 is 0 Å². The first-order chi connectivity index (χ1) is 7.69. The van der Waals surface area contributed by atoms with Gasteiger partial charge >= 0.3 is 5.97 Å². The van der Waals surface area contributed by atoms with E-state index in [-0.39, 0.29) is 5.97 Å². The summed E-state index contributed by atoms with van der Waals surface area (Å²) in [5.74, 6) is -0.358. The van der Waals surface area contributed by atoms with E-state index in [1.165, 1.54) is 7.11 Å². The Bertz CT molecular complexity index is 400. The first-order valence-electron chi connectivity index (χ1n) is 4.98. The van der Waals surface area contributed by atoms with E-state index in [1.807, 2.05) is 19.2 Å². The molecule has 0 aliphatic heterocycles. The number of benzene rings is 1. The van der Waals surface area contributed by atoms with Crippen molar-refractivity contribution in [2.45, 2.75) is 0 Å². The molecule has 0 spiro atoms. The van der Waals surface area contributed by atoms with Crippen molar-refractivity contribution in [1.29, 1.82) is 0 Å². The second-order valence-corrected chi connectivity index (χ2v) is 3.30. The third kappa shape index (κ3) is 3.10. The topological polar surface area (TPSA) is 64.3 Å². The van der Waals surface area contributed by atoms with Crippen molar-refractivity contribution in [2.75, 3.05) is 26.4 Å². The normalized spacial score (nSPS) is 10.6. The number of esters is 1. The van der Waals surface area contributed by atoms with Gasteiger partial charge in [0.25, 0.3) is 0 Å². The van der Waals surface area contributed by atoms with E-state index in [4.69, 9.17) is 5.73 Å². The molecule has 0 amide bonds. The van der Waals surface area contributed by atoms with E-state index >= 15 is 0 Å². The van der Waals surface area contributed by atoms with Gasteiger partial charge in [0.1, 0.15) is 0 Å². The highest BCUT2D eigenvalue weighted by atomic mass is 16.5. The maximum atomic E-state index is 11.3. The molecule has 4 heteroatoms. The molecule has 1 aromatic rings. The van der Waals surface area contributed by atoms with Crippen LogP contribution in [0.2, 0.25) is 0 Å². The van der Waals surface area contributed by atoms with Gasteiger partial charge in [-0.3, -0.25) is 0 Å². The van der Waals surface area contributed by atoms with Crippen molar-refractivity contribution in [1.82, 2.24) is 5.32 Å². The third-order valence-electron chi connectivity index (χ3n) is 2.13. The summed E-state index contributed by atoms with van der Waals surface area (Å²) in [5, 5.41) is 2.99. The van der Waals surface area contributed by atoms with Crippen molar-refractivity contribution in [3.8, 4) is 0 Å². The van der Waals surface area contributed by atoms with Gasteiger partial charge in [-0.25, -0.2) is 4.79 Å². The molecule has 0 fully saturated rings. The number of anilines is 1. The van der Waals surface area contributed by atoms with E-state index in [0.717, 1.165) is 12.1 Å². The molecule has 0 atom stereocenters. The summed E-state index contributed by atoms with van der Waals surface area (Å²) < 4.78 is 4.64. The number of rotatable bonds is 4. The van der Waals surface area contributed by atoms with Crippen LogP contribution in [-0.4, -0.2) is 26.7 Å². The Morgan fingerprint density at radius 1 is 1.56 bits per heavy atom. The lowest BCUT2D eigenvalue weighted by molar-refractivity contribution is 0.0601. The van der Waals surface area contributed by atoms with Crippen LogP contribution in [-0.2, 0) is 4.74 Å². The van der Waals surface area contributed by atoms with Crippen LogP contribution < -0.4 is 11.1 Å². The standard InChI is InChI=1S/C12H16N2O2/c1-14-7-3-4-9-8-10(12(15)16-2)5-6-11(9)13/h3-6,8,14H,7,13H2,1-2H3. The number of likely N-dealkylation sites (N-methyl/N-ethyl adjacent to an activating group) is 1. The third-order valence-corrected chi connectivity index (χ3v) is 2.13. The minimum absolute atomic E-state index is 0.358. The molecule has 86 valence electrons. The molecule has 0 saturated heterocycles. The molecule has 16 heavy (non-hydrogen) atoms. The van der Waals surface area contributed by atoms with Crippen molar-refractivity contribution in [3.63, 3.8) is 0 Å². The van der Waals surface area contributed by atoms with Gasteiger partial charge in [0.05, 0.1) is 12.7 Å². The number of nitrogens with two attached hydrogens (primary N) is 1. The van der Waals surface area contributed by atoms with E-state index in [9.17, 15) is 4.79 Å². The van der Waals surface area contributed by atoms with Crippen LogP contribution in [0.15, 0.2) is 24.3 Å². The summed E-state index contributed by atoms with van der Waals surface area (Å²) in [5.41, 5.74) is 7.75. The quantitative estimate of drug-likeness (QED) is 0.592. The largest absolute Gasteiger partial charge is 0.465 e. The maximum Gasteiger partial charge on any atom is 0.337 e. The average Bonchev–Trinajstić information content (AvgIpc) is 2.31. The fourth-order valence-electron chi connectivity index (χ4n) is 1.27. The molecule has 0 bridgehead atoms. The molecule has 0 heterocycles. The molecule has 3 N–H and O–H groups in total. The summed E-state index contributed by atoms with van der Waals surface area (Å²) in [6.45, 7) is 0.752. The Kier molecular flexibility index (Phi) is 4.54. The van der Waals surface area contributed by atoms with Gasteiger partial charge in [0.15, 0.2) is 0 Å². The van der Waals surface area contributed by atoms with Crippen LogP contribution in [0.5, 0.6) is 0 Å². The lowest BCUT2D eigenvalue weighted by atomic mass is 10.1. The highest BCUT2D eigenvalue weighted by Crippen LogP contribution is 2.16. The molecule has 0 aliphatic carbocycles. The zero-order valence-electron chi connectivity index (χ0n) is 9.49. The summed E-state index contributed by atoms with van der Waals surface area (Å²) in [4.78, 5) is 11.3. The van der Waals surface area contributed by atoms with Crippen LogP contribution in [0.25, 0.3) is 6.08 Å². The predicted octanol–water partition coefficient (Wildman–Crippen LogP) is 1.29. The average molecular weight is 220 g/mol. The number of carbonyl (C=O) groups excluding carboxylic acids is 1. The van der Waals surface area contributed by atoms with Gasteiger partial charge in [0.2, 0.25) is 0 Å². The number of carbonyl (C=O) groups is 1. The number of hydrogen-bond acceptors (Lipinski definition) is 4. The number of ether oxygens (including phenoxy) is 1. The number of hydrogen-bond donors (Lipinski definition) is 2. The van der Waals surface area contributed by atoms with Gasteiger partial charge in [-0.1, -0.05) is 12.2 Å². The van der Waals surface area contributed by atoms with Crippen molar-refractivity contribution >= 4 is 17.7 Å². The first-order valence-corrected chi connectivity index (χ1v) is 4.98. The molecule has 0 radical (unpaired) electrons. The first kappa shape index (κ1) is 12.3. The number of nitrogen functional groups attached to an aromatic ring is 1. The maximum absolute atomic E-state index is 11.3. The molecule has 1 rings (SSSR count). The summed E-state index contributed by atoms with van der Waals surface area (Å²) in [6, 6.07) is 5.06. The lowest BCUT2D eigenvalue weighted by Gasteiger charge is -2.04. The van der Waals surface area contributed by atoms with E-state index in [2.05, 4.69) is 10.1 Å². The zero-order valence-corrected chi connectivity index (χ0v) is 9.49. The van der Waals surface area contributed by atoms with Gasteiger partial charge in [-0.05, 0) is 30.8 Å². The smallest absolute Gasteiger partial charge is 0.337 e. The molecule has 0 unspecified atom stereocenters. The molecular formula is C12H16N2O2. The van der Waals surface area contributed by atoms with Crippen LogP contribution in [0, 0.1) is 0 Å². The Balaban J connectivity index is 2.94.